The molecule has 0 aliphatic carbocycles. The number of sulfonamides is 1. The molecule has 1 atom stereocenters. The summed E-state index contributed by atoms with van der Waals surface area (Å²) < 4.78 is 38.0. The van der Waals surface area contributed by atoms with Gasteiger partial charge in [0.15, 0.2) is 11.5 Å². The summed E-state index contributed by atoms with van der Waals surface area (Å²) in [5.41, 5.74) is 0.776. The molecule has 1 unspecified atom stereocenters. The van der Waals surface area contributed by atoms with Crippen molar-refractivity contribution in [2.45, 2.75) is 24.3 Å². The van der Waals surface area contributed by atoms with E-state index in [4.69, 9.17) is 21.1 Å². The standard InChI is InChI=1S/C17H20ClNO5S/c1-4-15(20)11-5-7-13(18)14(9-11)19-25(21,22)12-6-8-16(23-2)17(10-12)24-3/h5-10,15,19-20H,4H2,1-3H3. The SMILES string of the molecule is CCC(O)c1ccc(Cl)c(NS(=O)(=O)c2ccc(OC)c(OC)c2)c1. The molecule has 0 spiro atoms. The third-order valence-corrected chi connectivity index (χ3v) is 5.36. The molecule has 0 aliphatic rings. The van der Waals surface area contributed by atoms with Crippen molar-refractivity contribution in [3.05, 3.63) is 47.0 Å². The van der Waals surface area contributed by atoms with Crippen LogP contribution in [-0.4, -0.2) is 27.7 Å². The first-order chi connectivity index (χ1) is 11.8. The second-order valence-corrected chi connectivity index (χ2v) is 7.38. The zero-order valence-electron chi connectivity index (χ0n) is 14.1. The molecule has 6 nitrogen and oxygen atoms in total. The molecular formula is C17H20ClNO5S. The van der Waals surface area contributed by atoms with Gasteiger partial charge in [0, 0.05) is 6.07 Å². The summed E-state index contributed by atoms with van der Waals surface area (Å²) in [6.45, 7) is 1.83. The average molecular weight is 386 g/mol. The van der Waals surface area contributed by atoms with Crippen LogP contribution in [0, 0.1) is 0 Å². The molecule has 0 saturated heterocycles. The first-order valence-corrected chi connectivity index (χ1v) is 9.40. The van der Waals surface area contributed by atoms with Gasteiger partial charge in [-0.2, -0.15) is 0 Å². The number of anilines is 1. The lowest BCUT2D eigenvalue weighted by molar-refractivity contribution is 0.174. The van der Waals surface area contributed by atoms with Crippen LogP contribution in [0.2, 0.25) is 5.02 Å². The summed E-state index contributed by atoms with van der Waals surface area (Å²) in [6.07, 6.45) is -0.189. The number of aliphatic hydroxyl groups is 1. The minimum atomic E-state index is -3.89. The molecular weight excluding hydrogens is 366 g/mol. The van der Waals surface area contributed by atoms with E-state index in [-0.39, 0.29) is 15.6 Å². The van der Waals surface area contributed by atoms with Crippen molar-refractivity contribution < 1.29 is 23.0 Å². The summed E-state index contributed by atoms with van der Waals surface area (Å²) in [7, 11) is -1.00. The molecule has 25 heavy (non-hydrogen) atoms. The zero-order chi connectivity index (χ0) is 18.6. The highest BCUT2D eigenvalue weighted by Gasteiger charge is 2.19. The van der Waals surface area contributed by atoms with Crippen LogP contribution < -0.4 is 14.2 Å². The molecule has 0 heterocycles. The maximum absolute atomic E-state index is 12.6. The monoisotopic (exact) mass is 385 g/mol. The van der Waals surface area contributed by atoms with E-state index in [1.165, 1.54) is 38.5 Å². The van der Waals surface area contributed by atoms with Crippen LogP contribution in [0.5, 0.6) is 11.5 Å². The first kappa shape index (κ1) is 19.4. The van der Waals surface area contributed by atoms with Crippen LogP contribution >= 0.6 is 11.6 Å². The number of rotatable bonds is 7. The Balaban J connectivity index is 2.39. The van der Waals surface area contributed by atoms with Gasteiger partial charge in [-0.3, -0.25) is 4.72 Å². The Morgan fingerprint density at radius 3 is 2.40 bits per heavy atom. The number of hydrogen-bond donors (Lipinski definition) is 2. The molecule has 8 heteroatoms. The third kappa shape index (κ3) is 4.36. The number of nitrogens with one attached hydrogen (secondary N) is 1. The molecule has 136 valence electrons. The van der Waals surface area contributed by atoms with Crippen molar-refractivity contribution in [1.82, 2.24) is 0 Å². The van der Waals surface area contributed by atoms with Crippen molar-refractivity contribution in [1.29, 1.82) is 0 Å². The van der Waals surface area contributed by atoms with E-state index in [1.807, 2.05) is 6.92 Å². The van der Waals surface area contributed by atoms with E-state index >= 15 is 0 Å². The van der Waals surface area contributed by atoms with E-state index in [2.05, 4.69) is 4.72 Å². The van der Waals surface area contributed by atoms with Crippen LogP contribution in [0.3, 0.4) is 0 Å². The average Bonchev–Trinajstić information content (AvgIpc) is 2.61. The second-order valence-electron chi connectivity index (χ2n) is 5.29. The van der Waals surface area contributed by atoms with Gasteiger partial charge < -0.3 is 14.6 Å². The lowest BCUT2D eigenvalue weighted by Crippen LogP contribution is -2.14. The summed E-state index contributed by atoms with van der Waals surface area (Å²) in [5.74, 6) is 0.721. The minimum absolute atomic E-state index is 0.00246. The zero-order valence-corrected chi connectivity index (χ0v) is 15.7. The smallest absolute Gasteiger partial charge is 0.262 e. The predicted octanol–water partition coefficient (Wildman–Crippen LogP) is 3.60. The molecule has 0 aromatic heterocycles. The van der Waals surface area contributed by atoms with Crippen molar-refractivity contribution in [3.63, 3.8) is 0 Å². The van der Waals surface area contributed by atoms with Crippen LogP contribution in [-0.2, 0) is 10.0 Å². The van der Waals surface area contributed by atoms with Gasteiger partial charge in [0.05, 0.1) is 35.9 Å². The molecule has 0 radical (unpaired) electrons. The van der Waals surface area contributed by atoms with Gasteiger partial charge in [-0.05, 0) is 36.2 Å². The number of methoxy groups -OCH3 is 2. The van der Waals surface area contributed by atoms with E-state index < -0.39 is 16.1 Å². The molecule has 0 saturated carbocycles. The van der Waals surface area contributed by atoms with Crippen LogP contribution in [0.15, 0.2) is 41.3 Å². The van der Waals surface area contributed by atoms with E-state index in [0.717, 1.165) is 0 Å². The van der Waals surface area contributed by atoms with Gasteiger partial charge in [-0.1, -0.05) is 24.6 Å². The highest BCUT2D eigenvalue weighted by Crippen LogP contribution is 2.32. The molecule has 2 aromatic rings. The number of benzene rings is 2. The number of halogens is 1. The Morgan fingerprint density at radius 2 is 1.80 bits per heavy atom. The van der Waals surface area contributed by atoms with Crippen molar-refractivity contribution >= 4 is 27.3 Å². The maximum atomic E-state index is 12.6. The molecule has 0 bridgehead atoms. The number of aliphatic hydroxyl groups excluding tert-OH is 1. The van der Waals surface area contributed by atoms with Gasteiger partial charge in [-0.25, -0.2) is 8.42 Å². The molecule has 2 N–H and O–H groups in total. The molecule has 2 rings (SSSR count). The van der Waals surface area contributed by atoms with Crippen LogP contribution in [0.25, 0.3) is 0 Å². The van der Waals surface area contributed by atoms with E-state index in [9.17, 15) is 13.5 Å². The Morgan fingerprint density at radius 1 is 1.12 bits per heavy atom. The molecule has 0 aliphatic heterocycles. The second kappa shape index (κ2) is 7.95. The maximum Gasteiger partial charge on any atom is 0.262 e. The Hall–Kier alpha value is -1.96. The summed E-state index contributed by atoms with van der Waals surface area (Å²) in [4.78, 5) is 0.00246. The molecule has 2 aromatic carbocycles. The summed E-state index contributed by atoms with van der Waals surface area (Å²) >= 11 is 6.09. The third-order valence-electron chi connectivity index (χ3n) is 3.67. The lowest BCUT2D eigenvalue weighted by Gasteiger charge is -2.14. The molecule has 0 amide bonds. The summed E-state index contributed by atoms with van der Waals surface area (Å²) in [6, 6.07) is 9.00. The van der Waals surface area contributed by atoms with E-state index in [0.29, 0.717) is 23.5 Å². The van der Waals surface area contributed by atoms with Gasteiger partial charge >= 0.3 is 0 Å². The fourth-order valence-electron chi connectivity index (χ4n) is 2.25. The first-order valence-electron chi connectivity index (χ1n) is 7.54. The Kier molecular flexibility index (Phi) is 6.16. The fourth-order valence-corrected chi connectivity index (χ4v) is 3.56. The lowest BCUT2D eigenvalue weighted by atomic mass is 10.1. The van der Waals surface area contributed by atoms with Crippen LogP contribution in [0.4, 0.5) is 5.69 Å². The normalized spacial score (nSPS) is 12.5. The van der Waals surface area contributed by atoms with Crippen molar-refractivity contribution in [2.24, 2.45) is 0 Å². The van der Waals surface area contributed by atoms with Gasteiger partial charge in [0.2, 0.25) is 0 Å². The largest absolute Gasteiger partial charge is 0.493 e. The van der Waals surface area contributed by atoms with Gasteiger partial charge in [-0.15, -0.1) is 0 Å². The number of ether oxygens (including phenoxy) is 2. The highest BCUT2D eigenvalue weighted by atomic mass is 35.5. The predicted molar refractivity (Wildman–Crippen MR) is 97.1 cm³/mol. The highest BCUT2D eigenvalue weighted by molar-refractivity contribution is 7.92. The molecule has 0 fully saturated rings. The van der Waals surface area contributed by atoms with E-state index in [1.54, 1.807) is 12.1 Å². The van der Waals surface area contributed by atoms with Crippen molar-refractivity contribution in [2.75, 3.05) is 18.9 Å². The van der Waals surface area contributed by atoms with Crippen molar-refractivity contribution in [3.8, 4) is 11.5 Å². The topological polar surface area (TPSA) is 84.9 Å². The Labute approximate surface area is 152 Å². The fraction of sp³-hybridized carbons (Fsp3) is 0.294. The van der Waals surface area contributed by atoms with Crippen LogP contribution in [0.1, 0.15) is 25.0 Å². The Bertz CT molecular complexity index is 854. The minimum Gasteiger partial charge on any atom is -0.493 e. The quantitative estimate of drug-likeness (QED) is 0.760. The van der Waals surface area contributed by atoms with Gasteiger partial charge in [0.1, 0.15) is 0 Å². The van der Waals surface area contributed by atoms with Gasteiger partial charge in [0.25, 0.3) is 10.0 Å². The summed E-state index contributed by atoms with van der Waals surface area (Å²) in [5, 5.41) is 10.2. The number of hydrogen-bond acceptors (Lipinski definition) is 5.